The van der Waals surface area contributed by atoms with E-state index < -0.39 is 10.5 Å². The predicted molar refractivity (Wildman–Crippen MR) is 54.6 cm³/mol. The Morgan fingerprint density at radius 1 is 1.53 bits per heavy atom. The number of aryl methyl sites for hydroxylation is 1. The lowest BCUT2D eigenvalue weighted by Gasteiger charge is -2.38. The van der Waals surface area contributed by atoms with Crippen molar-refractivity contribution < 1.29 is 10.0 Å². The van der Waals surface area contributed by atoms with Gasteiger partial charge in [-0.3, -0.25) is 10.1 Å². The van der Waals surface area contributed by atoms with Crippen LogP contribution in [0.2, 0.25) is 0 Å². The fourth-order valence-corrected chi connectivity index (χ4v) is 1.95. The molecule has 0 radical (unpaired) electrons. The fraction of sp³-hybridized carbons (Fsp3) is 0.400. The molecule has 5 nitrogen and oxygen atoms in total. The van der Waals surface area contributed by atoms with Gasteiger partial charge in [0.1, 0.15) is 5.60 Å². The van der Waals surface area contributed by atoms with E-state index in [1.165, 1.54) is 6.07 Å². The highest BCUT2D eigenvalue weighted by Crippen LogP contribution is 2.35. The summed E-state index contributed by atoms with van der Waals surface area (Å²) in [7, 11) is 0. The molecular weight excluding hydrogens is 196 g/mol. The van der Waals surface area contributed by atoms with Crippen LogP contribution in [-0.4, -0.2) is 23.1 Å². The molecule has 0 saturated carbocycles. The summed E-state index contributed by atoms with van der Waals surface area (Å²) in [5, 5.41) is 23.9. The maximum absolute atomic E-state index is 10.8. The number of aliphatic hydroxyl groups is 1. The molecule has 80 valence electrons. The molecule has 1 saturated heterocycles. The van der Waals surface area contributed by atoms with Gasteiger partial charge in [0.25, 0.3) is 5.69 Å². The highest BCUT2D eigenvalue weighted by molar-refractivity contribution is 5.50. The summed E-state index contributed by atoms with van der Waals surface area (Å²) >= 11 is 0. The van der Waals surface area contributed by atoms with E-state index in [1.807, 2.05) is 0 Å². The lowest BCUT2D eigenvalue weighted by molar-refractivity contribution is -0.387. The monoisotopic (exact) mass is 208 g/mol. The molecule has 2 rings (SSSR count). The highest BCUT2D eigenvalue weighted by Gasteiger charge is 2.42. The standard InChI is InChI=1S/C10H12N2O3/c1-7-3-2-4-8(12(14)15)9(7)10(13)5-11-6-10/h2-4,11,13H,5-6H2,1H3. The summed E-state index contributed by atoms with van der Waals surface area (Å²) in [6, 6.07) is 4.84. The van der Waals surface area contributed by atoms with Crippen molar-refractivity contribution in [1.29, 1.82) is 0 Å². The van der Waals surface area contributed by atoms with Gasteiger partial charge in [-0.2, -0.15) is 0 Å². The summed E-state index contributed by atoms with van der Waals surface area (Å²) in [5.74, 6) is 0. The van der Waals surface area contributed by atoms with Crippen LogP contribution in [-0.2, 0) is 5.60 Å². The molecule has 0 atom stereocenters. The first-order chi connectivity index (χ1) is 7.04. The molecule has 1 aliphatic heterocycles. The maximum atomic E-state index is 10.8. The summed E-state index contributed by atoms with van der Waals surface area (Å²) in [4.78, 5) is 10.4. The average molecular weight is 208 g/mol. The van der Waals surface area contributed by atoms with Crippen molar-refractivity contribution in [3.05, 3.63) is 39.4 Å². The van der Waals surface area contributed by atoms with Gasteiger partial charge in [-0.15, -0.1) is 0 Å². The number of benzene rings is 1. The number of β-amino-alcohol motifs (C(OH)–C–C–N with tert-alkyl or cyclic N) is 1. The third-order valence-electron chi connectivity index (χ3n) is 2.75. The van der Waals surface area contributed by atoms with E-state index in [4.69, 9.17) is 0 Å². The number of nitrogens with one attached hydrogen (secondary N) is 1. The van der Waals surface area contributed by atoms with Crippen LogP contribution in [0.25, 0.3) is 0 Å². The molecule has 0 aromatic heterocycles. The molecule has 0 bridgehead atoms. The van der Waals surface area contributed by atoms with Crippen LogP contribution in [0.5, 0.6) is 0 Å². The van der Waals surface area contributed by atoms with Crippen molar-refractivity contribution in [3.63, 3.8) is 0 Å². The highest BCUT2D eigenvalue weighted by atomic mass is 16.6. The van der Waals surface area contributed by atoms with Gasteiger partial charge in [-0.1, -0.05) is 12.1 Å². The van der Waals surface area contributed by atoms with E-state index >= 15 is 0 Å². The lowest BCUT2D eigenvalue weighted by atomic mass is 9.84. The van der Waals surface area contributed by atoms with E-state index in [1.54, 1.807) is 19.1 Å². The molecule has 0 aliphatic carbocycles. The third kappa shape index (κ3) is 1.49. The Bertz CT molecular complexity index is 413. The minimum absolute atomic E-state index is 0.000926. The molecule has 1 aliphatic rings. The van der Waals surface area contributed by atoms with E-state index in [0.29, 0.717) is 18.7 Å². The Morgan fingerprint density at radius 3 is 2.67 bits per heavy atom. The van der Waals surface area contributed by atoms with Crippen LogP contribution in [0.4, 0.5) is 5.69 Å². The van der Waals surface area contributed by atoms with Gasteiger partial charge >= 0.3 is 0 Å². The van der Waals surface area contributed by atoms with Crippen molar-refractivity contribution >= 4 is 5.69 Å². The van der Waals surface area contributed by atoms with Gasteiger partial charge < -0.3 is 10.4 Å². The van der Waals surface area contributed by atoms with Crippen molar-refractivity contribution in [3.8, 4) is 0 Å². The quantitative estimate of drug-likeness (QED) is 0.554. The van der Waals surface area contributed by atoms with Gasteiger partial charge in [0, 0.05) is 19.2 Å². The zero-order chi connectivity index (χ0) is 11.1. The van der Waals surface area contributed by atoms with Crippen LogP contribution in [0.1, 0.15) is 11.1 Å². The lowest BCUT2D eigenvalue weighted by Crippen LogP contribution is -2.57. The Morgan fingerprint density at radius 2 is 2.20 bits per heavy atom. The van der Waals surface area contributed by atoms with E-state index in [-0.39, 0.29) is 5.69 Å². The molecule has 1 fully saturated rings. The number of nitro groups is 1. The zero-order valence-electron chi connectivity index (χ0n) is 8.36. The van der Waals surface area contributed by atoms with E-state index in [0.717, 1.165) is 5.56 Å². The van der Waals surface area contributed by atoms with Crippen LogP contribution in [0.3, 0.4) is 0 Å². The second kappa shape index (κ2) is 3.29. The second-order valence-corrected chi connectivity index (χ2v) is 3.86. The molecule has 1 aromatic rings. The Labute approximate surface area is 86.9 Å². The van der Waals surface area contributed by atoms with Crippen molar-refractivity contribution in [2.24, 2.45) is 0 Å². The van der Waals surface area contributed by atoms with Gasteiger partial charge in [0.15, 0.2) is 0 Å². The molecule has 5 heteroatoms. The minimum Gasteiger partial charge on any atom is -0.382 e. The Balaban J connectivity index is 2.57. The largest absolute Gasteiger partial charge is 0.382 e. The average Bonchev–Trinajstić information content (AvgIpc) is 2.14. The number of hydrogen-bond acceptors (Lipinski definition) is 4. The summed E-state index contributed by atoms with van der Waals surface area (Å²) < 4.78 is 0. The molecule has 0 spiro atoms. The van der Waals surface area contributed by atoms with Gasteiger partial charge in [0.2, 0.25) is 0 Å². The van der Waals surface area contributed by atoms with E-state index in [9.17, 15) is 15.2 Å². The van der Waals surface area contributed by atoms with Gasteiger partial charge in [-0.25, -0.2) is 0 Å². The fourth-order valence-electron chi connectivity index (χ4n) is 1.95. The smallest absolute Gasteiger partial charge is 0.275 e. The van der Waals surface area contributed by atoms with Crippen LogP contribution in [0, 0.1) is 17.0 Å². The van der Waals surface area contributed by atoms with Crippen LogP contribution in [0.15, 0.2) is 18.2 Å². The first-order valence-electron chi connectivity index (χ1n) is 4.72. The zero-order valence-corrected chi connectivity index (χ0v) is 8.36. The molecule has 1 aromatic carbocycles. The first kappa shape index (κ1) is 10.1. The first-order valence-corrected chi connectivity index (χ1v) is 4.72. The number of rotatable bonds is 2. The van der Waals surface area contributed by atoms with Crippen LogP contribution < -0.4 is 5.32 Å². The van der Waals surface area contributed by atoms with E-state index in [2.05, 4.69) is 5.32 Å². The third-order valence-corrected chi connectivity index (χ3v) is 2.75. The summed E-state index contributed by atoms with van der Waals surface area (Å²) in [6.45, 7) is 2.52. The second-order valence-electron chi connectivity index (χ2n) is 3.86. The van der Waals surface area contributed by atoms with Gasteiger partial charge in [0.05, 0.1) is 10.5 Å². The topological polar surface area (TPSA) is 75.4 Å². The van der Waals surface area contributed by atoms with Crippen LogP contribution >= 0.6 is 0 Å². The summed E-state index contributed by atoms with van der Waals surface area (Å²) in [5.41, 5.74) is 0.120. The summed E-state index contributed by atoms with van der Waals surface area (Å²) in [6.07, 6.45) is 0. The Kier molecular flexibility index (Phi) is 2.21. The molecule has 0 unspecified atom stereocenters. The molecule has 1 heterocycles. The predicted octanol–water partition coefficient (Wildman–Crippen LogP) is 0.694. The molecule has 0 amide bonds. The SMILES string of the molecule is Cc1cccc([N+](=O)[O-])c1C1(O)CNC1. The Hall–Kier alpha value is -1.46. The number of hydrogen-bond donors (Lipinski definition) is 2. The normalized spacial score (nSPS) is 18.3. The number of nitro benzene ring substituents is 1. The molecule has 15 heavy (non-hydrogen) atoms. The minimum atomic E-state index is -1.08. The van der Waals surface area contributed by atoms with Crippen molar-refractivity contribution in [2.45, 2.75) is 12.5 Å². The van der Waals surface area contributed by atoms with Crippen molar-refractivity contribution in [2.75, 3.05) is 13.1 Å². The molecular formula is C10H12N2O3. The van der Waals surface area contributed by atoms with Crippen molar-refractivity contribution in [1.82, 2.24) is 5.32 Å². The maximum Gasteiger partial charge on any atom is 0.275 e. The number of nitrogens with zero attached hydrogens (tertiary/aromatic N) is 1. The van der Waals surface area contributed by atoms with Gasteiger partial charge in [-0.05, 0) is 12.5 Å². The molecule has 2 N–H and O–H groups in total.